The fourth-order valence-corrected chi connectivity index (χ4v) is 2.35. The van der Waals surface area contributed by atoms with Gasteiger partial charge in [0.25, 0.3) is 0 Å². The summed E-state index contributed by atoms with van der Waals surface area (Å²) in [5, 5.41) is 5.85. The molecule has 0 atom stereocenters. The summed E-state index contributed by atoms with van der Waals surface area (Å²) in [6, 6.07) is 15.2. The molecule has 0 unspecified atom stereocenters. The zero-order chi connectivity index (χ0) is 18.2. The third-order valence-corrected chi connectivity index (χ3v) is 3.98. The van der Waals surface area contributed by atoms with Gasteiger partial charge in [-0.2, -0.15) is 0 Å². The number of carbonyl (C=O) groups is 2. The van der Waals surface area contributed by atoms with Crippen molar-refractivity contribution in [3.63, 3.8) is 0 Å². The summed E-state index contributed by atoms with van der Waals surface area (Å²) in [6.07, 6.45) is 0.671. The van der Waals surface area contributed by atoms with Crippen LogP contribution in [0.1, 0.15) is 11.1 Å². The fraction of sp³-hybridized carbons (Fsp3) is 0.263. The molecule has 6 heteroatoms. The highest BCUT2D eigenvalue weighted by atomic mass is 35.5. The van der Waals surface area contributed by atoms with Gasteiger partial charge in [-0.1, -0.05) is 35.9 Å². The lowest BCUT2D eigenvalue weighted by molar-refractivity contribution is -0.139. The smallest absolute Gasteiger partial charge is 0.309 e. The quantitative estimate of drug-likeness (QED) is 0.778. The molecule has 0 aliphatic carbocycles. The molecule has 2 N–H and O–H groups in total. The largest absolute Gasteiger partial charge is 0.378 e. The molecule has 0 spiro atoms. The average molecular weight is 360 g/mol. The van der Waals surface area contributed by atoms with Crippen LogP contribution in [0.15, 0.2) is 48.5 Å². The minimum Gasteiger partial charge on any atom is -0.378 e. The van der Waals surface area contributed by atoms with E-state index >= 15 is 0 Å². The van der Waals surface area contributed by atoms with Crippen LogP contribution in [0.2, 0.25) is 5.02 Å². The summed E-state index contributed by atoms with van der Waals surface area (Å²) in [6.45, 7) is 0.698. The second kappa shape index (κ2) is 9.08. The molecule has 0 bridgehead atoms. The molecule has 2 amide bonds. The molecule has 0 saturated carbocycles. The highest BCUT2D eigenvalue weighted by molar-refractivity contribution is 6.35. The van der Waals surface area contributed by atoms with Crippen molar-refractivity contribution in [2.45, 2.75) is 13.0 Å². The van der Waals surface area contributed by atoms with Crippen molar-refractivity contribution >= 4 is 29.1 Å². The molecule has 2 rings (SSSR count). The summed E-state index contributed by atoms with van der Waals surface area (Å²) in [5.74, 6) is -1.27. The number of rotatable bonds is 6. The first-order valence-electron chi connectivity index (χ1n) is 8.02. The number of hydrogen-bond donors (Lipinski definition) is 2. The molecule has 0 heterocycles. The Morgan fingerprint density at radius 2 is 1.44 bits per heavy atom. The minimum atomic E-state index is -0.641. The van der Waals surface area contributed by atoms with Gasteiger partial charge in [0.05, 0.1) is 0 Å². The van der Waals surface area contributed by atoms with E-state index in [0.29, 0.717) is 18.0 Å². The Morgan fingerprint density at radius 3 is 2.04 bits per heavy atom. The molecule has 0 aliphatic rings. The Kier molecular flexibility index (Phi) is 6.83. The Balaban J connectivity index is 1.72. The minimum absolute atomic E-state index is 0.287. The van der Waals surface area contributed by atoms with Gasteiger partial charge in [0, 0.05) is 37.9 Å². The molecule has 5 nitrogen and oxygen atoms in total. The monoisotopic (exact) mass is 359 g/mol. The maximum Gasteiger partial charge on any atom is 0.309 e. The summed E-state index contributed by atoms with van der Waals surface area (Å²) in [5.41, 5.74) is 3.10. The van der Waals surface area contributed by atoms with Gasteiger partial charge in [-0.05, 0) is 41.8 Å². The van der Waals surface area contributed by atoms with Gasteiger partial charge < -0.3 is 15.5 Å². The number of carbonyl (C=O) groups excluding carboxylic acids is 2. The van der Waals surface area contributed by atoms with Crippen LogP contribution in [0.5, 0.6) is 0 Å². The van der Waals surface area contributed by atoms with Crippen molar-refractivity contribution in [3.8, 4) is 0 Å². The first-order valence-corrected chi connectivity index (χ1v) is 8.40. The molecule has 132 valence electrons. The van der Waals surface area contributed by atoms with Gasteiger partial charge in [0.1, 0.15) is 0 Å². The van der Waals surface area contributed by atoms with Gasteiger partial charge in [-0.3, -0.25) is 9.59 Å². The molecule has 0 radical (unpaired) electrons. The maximum atomic E-state index is 11.8. The lowest BCUT2D eigenvalue weighted by Crippen LogP contribution is -2.40. The van der Waals surface area contributed by atoms with Crippen LogP contribution >= 0.6 is 11.6 Å². The normalized spacial score (nSPS) is 10.2. The first-order chi connectivity index (χ1) is 12.0. The van der Waals surface area contributed by atoms with Crippen molar-refractivity contribution in [2.75, 3.05) is 25.5 Å². The Labute approximate surface area is 153 Å². The van der Waals surface area contributed by atoms with E-state index in [4.69, 9.17) is 11.6 Å². The molecule has 2 aromatic carbocycles. The van der Waals surface area contributed by atoms with Crippen LogP contribution in [-0.4, -0.2) is 32.5 Å². The molecular weight excluding hydrogens is 338 g/mol. The lowest BCUT2D eigenvalue weighted by Gasteiger charge is -2.12. The maximum absolute atomic E-state index is 11.8. The van der Waals surface area contributed by atoms with Crippen LogP contribution in [0, 0.1) is 0 Å². The number of nitrogens with zero attached hydrogens (tertiary/aromatic N) is 1. The van der Waals surface area contributed by atoms with Crippen LogP contribution < -0.4 is 15.5 Å². The second-order valence-corrected chi connectivity index (χ2v) is 6.31. The second-order valence-electron chi connectivity index (χ2n) is 5.88. The van der Waals surface area contributed by atoms with Crippen LogP contribution in [-0.2, 0) is 22.6 Å². The summed E-state index contributed by atoms with van der Waals surface area (Å²) < 4.78 is 0. The topological polar surface area (TPSA) is 61.4 Å². The standard InChI is InChI=1S/C19H22ClN3O2/c1-23(2)17-9-5-14(6-10-17)11-12-21-18(24)19(25)22-13-15-3-7-16(20)8-4-15/h3-10H,11-13H2,1-2H3,(H,21,24)(H,22,25). The SMILES string of the molecule is CN(C)c1ccc(CCNC(=O)C(=O)NCc2ccc(Cl)cc2)cc1. The molecule has 0 aromatic heterocycles. The first kappa shape index (κ1) is 18.8. The van der Waals surface area contributed by atoms with E-state index in [0.717, 1.165) is 16.8 Å². The van der Waals surface area contributed by atoms with E-state index in [1.54, 1.807) is 24.3 Å². The third-order valence-electron chi connectivity index (χ3n) is 3.72. The fourth-order valence-electron chi connectivity index (χ4n) is 2.23. The predicted octanol–water partition coefficient (Wildman–Crippen LogP) is 2.38. The van der Waals surface area contributed by atoms with E-state index < -0.39 is 11.8 Å². The highest BCUT2D eigenvalue weighted by Crippen LogP contribution is 2.12. The van der Waals surface area contributed by atoms with Crippen LogP contribution in [0.3, 0.4) is 0 Å². The number of hydrogen-bond acceptors (Lipinski definition) is 3. The van der Waals surface area contributed by atoms with E-state index in [1.807, 2.05) is 43.3 Å². The molecule has 0 fully saturated rings. The molecule has 0 aliphatic heterocycles. The summed E-state index contributed by atoms with van der Waals surface area (Å²) in [7, 11) is 3.97. The number of anilines is 1. The molecular formula is C19H22ClN3O2. The lowest BCUT2D eigenvalue weighted by atomic mass is 10.1. The molecule has 0 saturated heterocycles. The summed E-state index contributed by atoms with van der Waals surface area (Å²) in [4.78, 5) is 25.6. The van der Waals surface area contributed by atoms with E-state index in [9.17, 15) is 9.59 Å². The summed E-state index contributed by atoms with van der Waals surface area (Å²) >= 11 is 5.80. The van der Waals surface area contributed by atoms with Gasteiger partial charge >= 0.3 is 11.8 Å². The van der Waals surface area contributed by atoms with Crippen molar-refractivity contribution in [1.82, 2.24) is 10.6 Å². The van der Waals surface area contributed by atoms with Gasteiger partial charge in [0.2, 0.25) is 0 Å². The van der Waals surface area contributed by atoms with Crippen molar-refractivity contribution in [1.29, 1.82) is 0 Å². The molecule has 2 aromatic rings. The Hall–Kier alpha value is -2.53. The van der Waals surface area contributed by atoms with E-state index in [1.165, 1.54) is 0 Å². The zero-order valence-electron chi connectivity index (χ0n) is 14.4. The third kappa shape index (κ3) is 6.12. The van der Waals surface area contributed by atoms with Crippen LogP contribution in [0.4, 0.5) is 5.69 Å². The number of amides is 2. The van der Waals surface area contributed by atoms with Gasteiger partial charge in [0.15, 0.2) is 0 Å². The number of halogens is 1. The molecule has 25 heavy (non-hydrogen) atoms. The zero-order valence-corrected chi connectivity index (χ0v) is 15.1. The van der Waals surface area contributed by atoms with E-state index in [-0.39, 0.29) is 6.54 Å². The highest BCUT2D eigenvalue weighted by Gasteiger charge is 2.12. The Bertz CT molecular complexity index is 712. The average Bonchev–Trinajstić information content (AvgIpc) is 2.61. The van der Waals surface area contributed by atoms with E-state index in [2.05, 4.69) is 10.6 Å². The van der Waals surface area contributed by atoms with Crippen molar-refractivity contribution in [2.24, 2.45) is 0 Å². The van der Waals surface area contributed by atoms with Gasteiger partial charge in [-0.25, -0.2) is 0 Å². The van der Waals surface area contributed by atoms with Crippen LogP contribution in [0.25, 0.3) is 0 Å². The Morgan fingerprint density at radius 1 is 0.880 bits per heavy atom. The number of nitrogens with one attached hydrogen (secondary N) is 2. The van der Waals surface area contributed by atoms with Crippen molar-refractivity contribution in [3.05, 3.63) is 64.7 Å². The predicted molar refractivity (Wildman–Crippen MR) is 101 cm³/mol. The van der Waals surface area contributed by atoms with Crippen molar-refractivity contribution < 1.29 is 9.59 Å². The number of benzene rings is 2. The van der Waals surface area contributed by atoms with Gasteiger partial charge in [-0.15, -0.1) is 0 Å².